The lowest BCUT2D eigenvalue weighted by Gasteiger charge is -2.22. The summed E-state index contributed by atoms with van der Waals surface area (Å²) in [6, 6.07) is 14.0. The molecule has 2 aromatic carbocycles. The van der Waals surface area contributed by atoms with Gasteiger partial charge in [-0.1, -0.05) is 43.5 Å². The molecule has 1 aliphatic heterocycles. The maximum atomic E-state index is 12.9. The van der Waals surface area contributed by atoms with Crippen LogP contribution in [0.15, 0.2) is 53.4 Å². The first-order valence-electron chi connectivity index (χ1n) is 9.71. The van der Waals surface area contributed by atoms with E-state index in [1.54, 1.807) is 36.4 Å². The van der Waals surface area contributed by atoms with E-state index in [0.717, 1.165) is 0 Å². The highest BCUT2D eigenvalue weighted by Gasteiger charge is 2.27. The summed E-state index contributed by atoms with van der Waals surface area (Å²) in [5.74, 6) is 0.528. The largest absolute Gasteiger partial charge is 0.447 e. The van der Waals surface area contributed by atoms with E-state index < -0.39 is 16.1 Å². The van der Waals surface area contributed by atoms with Crippen molar-refractivity contribution in [3.63, 3.8) is 0 Å². The van der Waals surface area contributed by atoms with Gasteiger partial charge in [-0.2, -0.15) is 0 Å². The molecule has 1 N–H and O–H groups in total. The zero-order valence-electron chi connectivity index (χ0n) is 15.6. The first-order valence-corrected chi connectivity index (χ1v) is 11.2. The predicted octanol–water partition coefficient (Wildman–Crippen LogP) is 4.49. The van der Waals surface area contributed by atoms with Gasteiger partial charge in [-0.25, -0.2) is 13.2 Å². The van der Waals surface area contributed by atoms with Gasteiger partial charge in [-0.15, -0.1) is 0 Å². The summed E-state index contributed by atoms with van der Waals surface area (Å²) < 4.78 is 33.4. The molecule has 2 fully saturated rings. The number of ether oxygens (including phenoxy) is 1. The van der Waals surface area contributed by atoms with E-state index in [1.807, 2.05) is 12.1 Å². The number of nitrogens with one attached hydrogen (secondary N) is 1. The normalized spacial score (nSPS) is 18.1. The number of amides is 1. The van der Waals surface area contributed by atoms with Gasteiger partial charge in [0.05, 0.1) is 22.8 Å². The quantitative estimate of drug-likeness (QED) is 0.802. The lowest BCUT2D eigenvalue weighted by Crippen LogP contribution is -2.25. The van der Waals surface area contributed by atoms with E-state index in [9.17, 15) is 13.2 Å². The van der Waals surface area contributed by atoms with E-state index in [4.69, 9.17) is 4.74 Å². The number of nitrogens with zero attached hydrogens (tertiary/aromatic N) is 1. The Kier molecular flexibility index (Phi) is 5.26. The molecule has 1 amide bonds. The molecule has 6 nitrogen and oxygen atoms in total. The fourth-order valence-electron chi connectivity index (χ4n) is 3.97. The van der Waals surface area contributed by atoms with Gasteiger partial charge in [0.1, 0.15) is 6.61 Å². The molecule has 0 bridgehead atoms. The van der Waals surface area contributed by atoms with Gasteiger partial charge in [0.25, 0.3) is 10.0 Å². The van der Waals surface area contributed by atoms with Crippen molar-refractivity contribution in [1.82, 2.24) is 0 Å². The van der Waals surface area contributed by atoms with Crippen molar-refractivity contribution >= 4 is 27.5 Å². The van der Waals surface area contributed by atoms with E-state index in [1.165, 1.54) is 42.6 Å². The van der Waals surface area contributed by atoms with E-state index in [-0.39, 0.29) is 4.90 Å². The Balaban J connectivity index is 1.55. The fourth-order valence-corrected chi connectivity index (χ4v) is 5.04. The van der Waals surface area contributed by atoms with Crippen LogP contribution in [0.1, 0.15) is 43.6 Å². The van der Waals surface area contributed by atoms with E-state index in [2.05, 4.69) is 4.72 Å². The van der Waals surface area contributed by atoms with Crippen LogP contribution in [0.2, 0.25) is 0 Å². The maximum Gasteiger partial charge on any atom is 0.414 e. The van der Waals surface area contributed by atoms with E-state index in [0.29, 0.717) is 30.4 Å². The van der Waals surface area contributed by atoms with Crippen LogP contribution in [-0.4, -0.2) is 27.7 Å². The number of cyclic esters (lactones) is 1. The summed E-state index contributed by atoms with van der Waals surface area (Å²) in [6.45, 7) is 0.691. The first-order chi connectivity index (χ1) is 13.5. The molecule has 4 rings (SSSR count). The van der Waals surface area contributed by atoms with Gasteiger partial charge in [0.2, 0.25) is 0 Å². The smallest absolute Gasteiger partial charge is 0.414 e. The maximum absolute atomic E-state index is 12.9. The second-order valence-electron chi connectivity index (χ2n) is 7.29. The van der Waals surface area contributed by atoms with Gasteiger partial charge in [0.15, 0.2) is 0 Å². The number of hydrogen-bond donors (Lipinski definition) is 1. The SMILES string of the molecule is O=C1OCCN1c1ccccc1NS(=O)(=O)c1ccc(C2CCCCC2)cc1. The Hall–Kier alpha value is -2.54. The molecular weight excluding hydrogens is 376 g/mol. The highest BCUT2D eigenvalue weighted by atomic mass is 32.2. The Morgan fingerprint density at radius 3 is 2.36 bits per heavy atom. The summed E-state index contributed by atoms with van der Waals surface area (Å²) in [6.07, 6.45) is 5.64. The third kappa shape index (κ3) is 3.85. The molecule has 7 heteroatoms. The van der Waals surface area contributed by atoms with Crippen molar-refractivity contribution in [2.45, 2.75) is 42.9 Å². The van der Waals surface area contributed by atoms with E-state index >= 15 is 0 Å². The molecule has 1 saturated carbocycles. The van der Waals surface area contributed by atoms with Gasteiger partial charge < -0.3 is 4.74 Å². The molecule has 1 heterocycles. The number of sulfonamides is 1. The Bertz CT molecular complexity index is 951. The zero-order valence-corrected chi connectivity index (χ0v) is 16.5. The second-order valence-corrected chi connectivity index (χ2v) is 8.98. The second kappa shape index (κ2) is 7.83. The summed E-state index contributed by atoms with van der Waals surface area (Å²) in [7, 11) is -3.76. The van der Waals surface area contributed by atoms with Crippen molar-refractivity contribution in [3.05, 3.63) is 54.1 Å². The third-order valence-corrected chi connectivity index (χ3v) is 6.85. The minimum absolute atomic E-state index is 0.214. The molecule has 1 saturated heterocycles. The van der Waals surface area contributed by atoms with Crippen molar-refractivity contribution in [2.24, 2.45) is 0 Å². The molecule has 0 aromatic heterocycles. The highest BCUT2D eigenvalue weighted by molar-refractivity contribution is 7.92. The molecule has 28 heavy (non-hydrogen) atoms. The zero-order chi connectivity index (χ0) is 19.6. The lowest BCUT2D eigenvalue weighted by atomic mass is 9.84. The van der Waals surface area contributed by atoms with Gasteiger partial charge >= 0.3 is 6.09 Å². The number of benzene rings is 2. The minimum atomic E-state index is -3.76. The molecule has 1 aliphatic carbocycles. The number of carbonyl (C=O) groups excluding carboxylic acids is 1. The van der Waals surface area contributed by atoms with Crippen LogP contribution < -0.4 is 9.62 Å². The van der Waals surface area contributed by atoms with Crippen LogP contribution in [0, 0.1) is 0 Å². The van der Waals surface area contributed by atoms with Crippen LogP contribution >= 0.6 is 0 Å². The molecule has 148 valence electrons. The standard InChI is InChI=1S/C21H24N2O4S/c24-21-23(14-15-27-21)20-9-5-4-8-19(20)22-28(25,26)18-12-10-17(11-13-18)16-6-2-1-3-7-16/h4-5,8-13,16,22H,1-3,6-7,14-15H2. The van der Waals surface area contributed by atoms with Gasteiger partial charge in [0, 0.05) is 0 Å². The molecule has 0 radical (unpaired) electrons. The number of rotatable bonds is 5. The average Bonchev–Trinajstić information content (AvgIpc) is 3.15. The molecular formula is C21H24N2O4S. The summed E-state index contributed by atoms with van der Waals surface area (Å²) in [5.41, 5.74) is 2.06. The minimum Gasteiger partial charge on any atom is -0.447 e. The van der Waals surface area contributed by atoms with Crippen molar-refractivity contribution in [3.8, 4) is 0 Å². The van der Waals surface area contributed by atoms with Crippen LogP contribution in [0.3, 0.4) is 0 Å². The van der Waals surface area contributed by atoms with Gasteiger partial charge in [-0.3, -0.25) is 9.62 Å². The van der Waals surface area contributed by atoms with Gasteiger partial charge in [-0.05, 0) is 48.6 Å². The van der Waals surface area contributed by atoms with Crippen LogP contribution in [0.25, 0.3) is 0 Å². The number of carbonyl (C=O) groups is 1. The molecule has 0 atom stereocenters. The fraction of sp³-hybridized carbons (Fsp3) is 0.381. The summed E-state index contributed by atoms with van der Waals surface area (Å²) >= 11 is 0. The summed E-state index contributed by atoms with van der Waals surface area (Å²) in [4.78, 5) is 13.5. The van der Waals surface area contributed by atoms with Crippen LogP contribution in [0.5, 0.6) is 0 Å². The highest BCUT2D eigenvalue weighted by Crippen LogP contribution is 2.34. The van der Waals surface area contributed by atoms with Crippen molar-refractivity contribution in [1.29, 1.82) is 0 Å². The number of hydrogen-bond acceptors (Lipinski definition) is 4. The average molecular weight is 401 g/mol. The first kappa shape index (κ1) is 18.8. The van der Waals surface area contributed by atoms with Crippen molar-refractivity contribution < 1.29 is 17.9 Å². The Labute approximate surface area is 165 Å². The number of para-hydroxylation sites is 2. The summed E-state index contributed by atoms with van der Waals surface area (Å²) in [5, 5.41) is 0. The lowest BCUT2D eigenvalue weighted by molar-refractivity contribution is 0.181. The Morgan fingerprint density at radius 2 is 1.68 bits per heavy atom. The number of anilines is 2. The van der Waals surface area contributed by atoms with Crippen LogP contribution in [0.4, 0.5) is 16.2 Å². The molecule has 2 aromatic rings. The molecule has 0 unspecified atom stereocenters. The molecule has 0 spiro atoms. The predicted molar refractivity (Wildman–Crippen MR) is 108 cm³/mol. The topological polar surface area (TPSA) is 75.7 Å². The Morgan fingerprint density at radius 1 is 0.964 bits per heavy atom. The molecule has 2 aliphatic rings. The monoisotopic (exact) mass is 400 g/mol. The van der Waals surface area contributed by atoms with Crippen LogP contribution in [-0.2, 0) is 14.8 Å². The third-order valence-electron chi connectivity index (χ3n) is 5.47. The van der Waals surface area contributed by atoms with Crippen molar-refractivity contribution in [2.75, 3.05) is 22.8 Å².